The topological polar surface area (TPSA) is 18.5 Å². The minimum absolute atomic E-state index is 0.0200. The van der Waals surface area contributed by atoms with E-state index in [2.05, 4.69) is 9.47 Å². The standard InChI is InChI=1S/C7H8F4O2.CF4/c1-6(12-2-3-13-6)7(10,11)4-5(8)9;2-1(3,4)5/h4H,2-3H2,1H3;. The van der Waals surface area contributed by atoms with Gasteiger partial charge in [-0.2, -0.15) is 17.6 Å². The molecule has 1 saturated heterocycles. The third-order valence-electron chi connectivity index (χ3n) is 1.73. The minimum Gasteiger partial charge on any atom is -0.342 e. The van der Waals surface area contributed by atoms with E-state index in [0.29, 0.717) is 0 Å². The maximum Gasteiger partial charge on any atom is 0.559 e. The van der Waals surface area contributed by atoms with E-state index in [1.165, 1.54) is 0 Å². The summed E-state index contributed by atoms with van der Waals surface area (Å²) < 4.78 is 97.0. The molecule has 0 saturated carbocycles. The molecule has 10 heteroatoms. The monoisotopic (exact) mass is 288 g/mol. The van der Waals surface area contributed by atoms with Crippen LogP contribution in [0.15, 0.2) is 12.2 Å². The van der Waals surface area contributed by atoms with Gasteiger partial charge < -0.3 is 9.47 Å². The Morgan fingerprint density at radius 1 is 1.00 bits per heavy atom. The number of halogens is 8. The Morgan fingerprint density at radius 2 is 1.33 bits per heavy atom. The molecule has 1 rings (SSSR count). The molecule has 2 nitrogen and oxygen atoms in total. The van der Waals surface area contributed by atoms with Crippen molar-refractivity contribution < 1.29 is 44.6 Å². The van der Waals surface area contributed by atoms with E-state index in [4.69, 9.17) is 0 Å². The van der Waals surface area contributed by atoms with Crippen molar-refractivity contribution in [3.8, 4) is 0 Å². The van der Waals surface area contributed by atoms with Crippen LogP contribution in [-0.4, -0.2) is 31.4 Å². The lowest BCUT2D eigenvalue weighted by molar-refractivity contribution is -0.258. The largest absolute Gasteiger partial charge is 0.559 e. The lowest BCUT2D eigenvalue weighted by atomic mass is 10.1. The third kappa shape index (κ3) is 6.15. The number of rotatable bonds is 2. The van der Waals surface area contributed by atoms with Crippen molar-refractivity contribution in [2.24, 2.45) is 0 Å². The normalized spacial score (nSPS) is 18.9. The molecule has 0 N–H and O–H groups in total. The van der Waals surface area contributed by atoms with E-state index < -0.39 is 30.3 Å². The molecular formula is C8H8F8O2. The fraction of sp³-hybridized carbons (Fsp3) is 0.750. The summed E-state index contributed by atoms with van der Waals surface area (Å²) in [5, 5.41) is 0. The van der Waals surface area contributed by atoms with E-state index in [-0.39, 0.29) is 13.2 Å². The van der Waals surface area contributed by atoms with Crippen molar-refractivity contribution in [3.05, 3.63) is 12.2 Å². The van der Waals surface area contributed by atoms with Crippen LogP contribution < -0.4 is 0 Å². The Bertz CT molecular complexity index is 282. The zero-order valence-electron chi connectivity index (χ0n) is 8.83. The fourth-order valence-corrected chi connectivity index (χ4v) is 0.975. The molecule has 0 aromatic rings. The van der Waals surface area contributed by atoms with Crippen LogP contribution >= 0.6 is 0 Å². The number of alkyl halides is 6. The van der Waals surface area contributed by atoms with Gasteiger partial charge >= 0.3 is 12.4 Å². The molecule has 0 amide bonds. The van der Waals surface area contributed by atoms with Gasteiger partial charge in [-0.1, -0.05) is 0 Å². The molecule has 18 heavy (non-hydrogen) atoms. The quantitative estimate of drug-likeness (QED) is 0.722. The van der Waals surface area contributed by atoms with E-state index in [1.807, 2.05) is 0 Å². The summed E-state index contributed by atoms with van der Waals surface area (Å²) in [4.78, 5) is 0. The van der Waals surface area contributed by atoms with Crippen molar-refractivity contribution >= 4 is 0 Å². The maximum absolute atomic E-state index is 13.0. The predicted molar refractivity (Wildman–Crippen MR) is 42.7 cm³/mol. The van der Waals surface area contributed by atoms with Gasteiger partial charge in [0.1, 0.15) is 0 Å². The molecular weight excluding hydrogens is 280 g/mol. The zero-order valence-corrected chi connectivity index (χ0v) is 8.83. The van der Waals surface area contributed by atoms with Crippen molar-refractivity contribution in [2.45, 2.75) is 25.1 Å². The van der Waals surface area contributed by atoms with Crippen LogP contribution in [0.25, 0.3) is 0 Å². The molecule has 0 radical (unpaired) electrons. The second kappa shape index (κ2) is 5.83. The predicted octanol–water partition coefficient (Wildman–Crippen LogP) is 3.64. The molecule has 1 aliphatic heterocycles. The lowest BCUT2D eigenvalue weighted by Gasteiger charge is -2.28. The smallest absolute Gasteiger partial charge is 0.342 e. The zero-order chi connectivity index (χ0) is 14.6. The Hall–Kier alpha value is -0.900. The first-order valence-corrected chi connectivity index (χ1v) is 4.32. The van der Waals surface area contributed by atoms with Gasteiger partial charge in [0.05, 0.1) is 19.3 Å². The summed E-state index contributed by atoms with van der Waals surface area (Å²) in [5.41, 5.74) is 0. The first kappa shape index (κ1) is 17.1. The van der Waals surface area contributed by atoms with Gasteiger partial charge in [-0.15, -0.1) is 17.6 Å². The average Bonchev–Trinajstić information content (AvgIpc) is 2.47. The van der Waals surface area contributed by atoms with Gasteiger partial charge in [0.15, 0.2) is 0 Å². The Kier molecular flexibility index (Phi) is 5.54. The van der Waals surface area contributed by atoms with Crippen molar-refractivity contribution in [1.82, 2.24) is 0 Å². The summed E-state index contributed by atoms with van der Waals surface area (Å²) in [6, 6.07) is 0. The molecule has 0 aromatic carbocycles. The first-order chi connectivity index (χ1) is 7.87. The van der Waals surface area contributed by atoms with Crippen LogP contribution in [0.1, 0.15) is 6.92 Å². The van der Waals surface area contributed by atoms with Gasteiger partial charge in [0.25, 0.3) is 6.08 Å². The fourth-order valence-electron chi connectivity index (χ4n) is 0.975. The van der Waals surface area contributed by atoms with Crippen molar-refractivity contribution in [2.75, 3.05) is 13.2 Å². The highest BCUT2D eigenvalue weighted by Crippen LogP contribution is 2.38. The van der Waals surface area contributed by atoms with E-state index in [9.17, 15) is 35.1 Å². The van der Waals surface area contributed by atoms with Crippen LogP contribution in [0.5, 0.6) is 0 Å². The van der Waals surface area contributed by atoms with Crippen molar-refractivity contribution in [3.63, 3.8) is 0 Å². The molecule has 108 valence electrons. The molecule has 0 aromatic heterocycles. The maximum atomic E-state index is 13.0. The Balaban J connectivity index is 0.000000494. The van der Waals surface area contributed by atoms with Gasteiger partial charge in [-0.05, 0) is 6.92 Å². The average molecular weight is 288 g/mol. The molecule has 1 aliphatic rings. The summed E-state index contributed by atoms with van der Waals surface area (Å²) in [5.74, 6) is -6.08. The first-order valence-electron chi connectivity index (χ1n) is 4.32. The highest BCUT2D eigenvalue weighted by Gasteiger charge is 2.54. The van der Waals surface area contributed by atoms with Gasteiger partial charge in [-0.25, -0.2) is 0 Å². The van der Waals surface area contributed by atoms with Crippen LogP contribution in [0.4, 0.5) is 35.1 Å². The third-order valence-corrected chi connectivity index (χ3v) is 1.73. The minimum atomic E-state index is -5.50. The molecule has 0 unspecified atom stereocenters. The van der Waals surface area contributed by atoms with E-state index >= 15 is 0 Å². The second-order valence-electron chi connectivity index (χ2n) is 3.13. The summed E-state index contributed by atoms with van der Waals surface area (Å²) in [7, 11) is 0. The van der Waals surface area contributed by atoms with Gasteiger partial charge in [-0.3, -0.25) is 0 Å². The van der Waals surface area contributed by atoms with Crippen LogP contribution in [-0.2, 0) is 9.47 Å². The number of hydrogen-bond acceptors (Lipinski definition) is 2. The van der Waals surface area contributed by atoms with Crippen LogP contribution in [0, 0.1) is 0 Å². The Morgan fingerprint density at radius 3 is 1.61 bits per heavy atom. The summed E-state index contributed by atoms with van der Waals surface area (Å²) in [6.07, 6.45) is -8.41. The van der Waals surface area contributed by atoms with Gasteiger partial charge in [0, 0.05) is 0 Å². The second-order valence-corrected chi connectivity index (χ2v) is 3.13. The Labute approximate surface area is 96.2 Å². The van der Waals surface area contributed by atoms with Gasteiger partial charge in [0.2, 0.25) is 5.79 Å². The molecule has 0 spiro atoms. The highest BCUT2D eigenvalue weighted by atomic mass is 19.5. The summed E-state index contributed by atoms with van der Waals surface area (Å²) in [6.45, 7) is 0.890. The number of ether oxygens (including phenoxy) is 2. The SMILES string of the molecule is CC1(C(F)(F)C=C(F)F)OCCO1.FC(F)(F)F. The van der Waals surface area contributed by atoms with Crippen LogP contribution in [0.2, 0.25) is 0 Å². The number of hydrogen-bond donors (Lipinski definition) is 0. The highest BCUT2D eigenvalue weighted by molar-refractivity contribution is 5.03. The van der Waals surface area contributed by atoms with Crippen molar-refractivity contribution in [1.29, 1.82) is 0 Å². The summed E-state index contributed by atoms with van der Waals surface area (Å²) >= 11 is 0. The van der Waals surface area contributed by atoms with Crippen LogP contribution in [0.3, 0.4) is 0 Å². The van der Waals surface area contributed by atoms with E-state index in [0.717, 1.165) is 6.92 Å². The molecule has 0 bridgehead atoms. The molecule has 0 atom stereocenters. The van der Waals surface area contributed by atoms with E-state index in [1.54, 1.807) is 0 Å². The molecule has 1 fully saturated rings. The lowest BCUT2D eigenvalue weighted by Crippen LogP contribution is -2.45. The molecule has 1 heterocycles. The molecule has 0 aliphatic carbocycles.